The molecule has 1 fully saturated rings. The summed E-state index contributed by atoms with van der Waals surface area (Å²) < 4.78 is 14.3. The lowest BCUT2D eigenvalue weighted by molar-refractivity contribution is -0.134. The highest BCUT2D eigenvalue weighted by Crippen LogP contribution is 2.36. The molecule has 1 heterocycles. The largest absolute Gasteiger partial charge is 0.296 e. The Morgan fingerprint density at radius 1 is 1.30 bits per heavy atom. The molecular formula is C15H17ClFNO2. The van der Waals surface area contributed by atoms with Gasteiger partial charge in [0.05, 0.1) is 5.92 Å². The number of amides is 2. The minimum atomic E-state index is -0.700. The molecule has 1 N–H and O–H groups in total. The molecule has 1 aromatic carbocycles. The van der Waals surface area contributed by atoms with Gasteiger partial charge in [-0.15, -0.1) is 0 Å². The first-order valence-corrected chi connectivity index (χ1v) is 6.91. The van der Waals surface area contributed by atoms with E-state index in [2.05, 4.69) is 5.32 Å². The molecule has 5 heteroatoms. The molecule has 3 nitrogen and oxygen atoms in total. The number of carbonyl (C=O) groups is 2. The molecule has 1 aliphatic heterocycles. The van der Waals surface area contributed by atoms with Gasteiger partial charge < -0.3 is 0 Å². The van der Waals surface area contributed by atoms with Gasteiger partial charge in [0.15, 0.2) is 0 Å². The lowest BCUT2D eigenvalue weighted by Crippen LogP contribution is -2.39. The third kappa shape index (κ3) is 2.85. The summed E-state index contributed by atoms with van der Waals surface area (Å²) in [6.45, 7) is 5.89. The molecule has 1 saturated heterocycles. The summed E-state index contributed by atoms with van der Waals surface area (Å²) in [5, 5.41) is 2.46. The predicted octanol–water partition coefficient (Wildman–Crippen LogP) is 3.30. The van der Waals surface area contributed by atoms with E-state index in [4.69, 9.17) is 11.6 Å². The van der Waals surface area contributed by atoms with Crippen LogP contribution in [0.25, 0.3) is 0 Å². The minimum absolute atomic E-state index is 0.185. The van der Waals surface area contributed by atoms with Gasteiger partial charge in [-0.2, -0.15) is 0 Å². The molecule has 0 bridgehead atoms. The van der Waals surface area contributed by atoms with E-state index in [1.54, 1.807) is 6.07 Å². The number of hydrogen-bond acceptors (Lipinski definition) is 2. The molecule has 0 spiro atoms. The molecule has 1 aliphatic rings. The van der Waals surface area contributed by atoms with Gasteiger partial charge >= 0.3 is 0 Å². The Bertz CT molecular complexity index is 555. The second-order valence-corrected chi connectivity index (χ2v) is 6.51. The van der Waals surface area contributed by atoms with Gasteiger partial charge in [-0.05, 0) is 29.5 Å². The zero-order chi connectivity index (χ0) is 15.1. The number of carbonyl (C=O) groups excluding carboxylic acids is 2. The Morgan fingerprint density at radius 2 is 1.95 bits per heavy atom. The molecular weight excluding hydrogens is 281 g/mol. The van der Waals surface area contributed by atoms with Crippen LogP contribution < -0.4 is 5.32 Å². The van der Waals surface area contributed by atoms with Crippen LogP contribution in [0.5, 0.6) is 0 Å². The van der Waals surface area contributed by atoms with Crippen LogP contribution in [0.1, 0.15) is 50.7 Å². The van der Waals surface area contributed by atoms with Crippen LogP contribution in [0.3, 0.4) is 0 Å². The lowest BCUT2D eigenvalue weighted by Gasteiger charge is -2.25. The van der Waals surface area contributed by atoms with E-state index in [-0.39, 0.29) is 34.7 Å². The maximum atomic E-state index is 14.3. The monoisotopic (exact) mass is 297 g/mol. The van der Waals surface area contributed by atoms with Gasteiger partial charge in [0, 0.05) is 17.0 Å². The van der Waals surface area contributed by atoms with Gasteiger partial charge in [0.1, 0.15) is 5.82 Å². The smallest absolute Gasteiger partial charge is 0.234 e. The van der Waals surface area contributed by atoms with Crippen molar-refractivity contribution < 1.29 is 14.0 Å². The average Bonchev–Trinajstić information content (AvgIpc) is 2.29. The van der Waals surface area contributed by atoms with E-state index < -0.39 is 17.6 Å². The van der Waals surface area contributed by atoms with Gasteiger partial charge in [-0.3, -0.25) is 14.9 Å². The number of nitrogens with one attached hydrogen (secondary N) is 1. The summed E-state index contributed by atoms with van der Waals surface area (Å²) in [7, 11) is 0. The molecule has 0 aliphatic carbocycles. The number of rotatable bonds is 1. The van der Waals surface area contributed by atoms with E-state index in [1.165, 1.54) is 6.07 Å². The number of hydrogen-bond donors (Lipinski definition) is 1. The van der Waals surface area contributed by atoms with E-state index in [1.807, 2.05) is 20.8 Å². The Labute approximate surface area is 122 Å². The molecule has 0 aromatic heterocycles. The summed E-state index contributed by atoms with van der Waals surface area (Å²) >= 11 is 6.17. The highest BCUT2D eigenvalue weighted by atomic mass is 35.5. The first-order valence-electron chi connectivity index (χ1n) is 6.53. The Morgan fingerprint density at radius 3 is 2.45 bits per heavy atom. The second-order valence-electron chi connectivity index (χ2n) is 6.11. The lowest BCUT2D eigenvalue weighted by atomic mass is 9.83. The van der Waals surface area contributed by atoms with Crippen molar-refractivity contribution in [2.75, 3.05) is 0 Å². The van der Waals surface area contributed by atoms with E-state index >= 15 is 0 Å². The molecule has 2 rings (SSSR count). The van der Waals surface area contributed by atoms with Gasteiger partial charge in [0.2, 0.25) is 11.8 Å². The van der Waals surface area contributed by atoms with Crippen molar-refractivity contribution in [3.8, 4) is 0 Å². The van der Waals surface area contributed by atoms with Crippen molar-refractivity contribution in [1.29, 1.82) is 0 Å². The number of halogens is 2. The van der Waals surface area contributed by atoms with Crippen molar-refractivity contribution in [3.05, 3.63) is 34.1 Å². The Kier molecular flexibility index (Phi) is 3.87. The maximum absolute atomic E-state index is 14.3. The molecule has 0 saturated carbocycles. The zero-order valence-corrected chi connectivity index (χ0v) is 12.5. The highest BCUT2D eigenvalue weighted by molar-refractivity contribution is 6.31. The van der Waals surface area contributed by atoms with E-state index in [0.717, 1.165) is 5.56 Å². The zero-order valence-electron chi connectivity index (χ0n) is 11.7. The summed E-state index contributed by atoms with van der Waals surface area (Å²) in [5.41, 5.74) is 0.731. The SMILES string of the molecule is CC(C)(C)c1cc(F)c(C2CCC(=O)NC2=O)c(Cl)c1. The van der Waals surface area contributed by atoms with Crippen LogP contribution in [-0.4, -0.2) is 11.8 Å². The highest BCUT2D eigenvalue weighted by Gasteiger charge is 2.32. The van der Waals surface area contributed by atoms with Crippen molar-refractivity contribution in [2.45, 2.75) is 44.9 Å². The molecule has 20 heavy (non-hydrogen) atoms. The fourth-order valence-electron chi connectivity index (χ4n) is 2.32. The number of imide groups is 1. The maximum Gasteiger partial charge on any atom is 0.234 e. The van der Waals surface area contributed by atoms with E-state index in [0.29, 0.717) is 0 Å². The van der Waals surface area contributed by atoms with Crippen LogP contribution >= 0.6 is 11.6 Å². The first kappa shape index (κ1) is 15.0. The molecule has 2 amide bonds. The third-order valence-electron chi connectivity index (χ3n) is 3.53. The molecule has 108 valence electrons. The van der Waals surface area contributed by atoms with Crippen LogP contribution in [0.4, 0.5) is 4.39 Å². The van der Waals surface area contributed by atoms with Crippen molar-refractivity contribution in [3.63, 3.8) is 0 Å². The van der Waals surface area contributed by atoms with Crippen molar-refractivity contribution >= 4 is 23.4 Å². The standard InChI is InChI=1S/C15H17ClFNO2/c1-15(2,3)8-6-10(16)13(11(17)7-8)9-4-5-12(19)18-14(9)20/h6-7,9H,4-5H2,1-3H3,(H,18,19,20). The summed E-state index contributed by atoms with van der Waals surface area (Å²) in [4.78, 5) is 23.0. The second kappa shape index (κ2) is 5.17. The molecule has 0 radical (unpaired) electrons. The molecule has 1 unspecified atom stereocenters. The van der Waals surface area contributed by atoms with E-state index in [9.17, 15) is 14.0 Å². The third-order valence-corrected chi connectivity index (χ3v) is 3.85. The number of benzene rings is 1. The van der Waals surface area contributed by atoms with Crippen LogP contribution in [0.2, 0.25) is 5.02 Å². The minimum Gasteiger partial charge on any atom is -0.296 e. The van der Waals surface area contributed by atoms with Gasteiger partial charge in [0.25, 0.3) is 0 Å². The molecule has 1 aromatic rings. The topological polar surface area (TPSA) is 46.2 Å². The van der Waals surface area contributed by atoms with Crippen LogP contribution in [0.15, 0.2) is 12.1 Å². The summed E-state index contributed by atoms with van der Waals surface area (Å²) in [5.74, 6) is -1.99. The predicted molar refractivity (Wildman–Crippen MR) is 75.2 cm³/mol. The molecule has 1 atom stereocenters. The number of piperidine rings is 1. The normalized spacial score (nSPS) is 19.9. The van der Waals surface area contributed by atoms with Crippen LogP contribution in [-0.2, 0) is 15.0 Å². The fourth-order valence-corrected chi connectivity index (χ4v) is 2.66. The Balaban J connectivity index is 2.43. The van der Waals surface area contributed by atoms with Gasteiger partial charge in [-0.25, -0.2) is 4.39 Å². The van der Waals surface area contributed by atoms with Crippen LogP contribution in [0, 0.1) is 5.82 Å². The summed E-state index contributed by atoms with van der Waals surface area (Å²) in [6.07, 6.45) is 0.489. The Hall–Kier alpha value is -1.42. The van der Waals surface area contributed by atoms with Crippen molar-refractivity contribution in [1.82, 2.24) is 5.32 Å². The fraction of sp³-hybridized carbons (Fsp3) is 0.467. The average molecular weight is 298 g/mol. The quantitative estimate of drug-likeness (QED) is 0.809. The first-order chi connectivity index (χ1) is 9.20. The summed E-state index contributed by atoms with van der Waals surface area (Å²) in [6, 6.07) is 3.12. The van der Waals surface area contributed by atoms with Crippen molar-refractivity contribution in [2.24, 2.45) is 0 Å². The van der Waals surface area contributed by atoms with Gasteiger partial charge in [-0.1, -0.05) is 32.4 Å².